The maximum atomic E-state index is 12.3. The van der Waals surface area contributed by atoms with Crippen LogP contribution in [0.1, 0.15) is 22.3 Å². The zero-order chi connectivity index (χ0) is 10.0. The van der Waals surface area contributed by atoms with Crippen LogP contribution in [0.3, 0.4) is 0 Å². The van der Waals surface area contributed by atoms with Crippen LogP contribution < -0.4 is 0 Å². The van der Waals surface area contributed by atoms with Crippen molar-refractivity contribution in [3.63, 3.8) is 0 Å². The van der Waals surface area contributed by atoms with Crippen LogP contribution in [0, 0.1) is 0 Å². The fraction of sp³-hybridized carbons (Fsp3) is 0.143. The van der Waals surface area contributed by atoms with Crippen LogP contribution in [-0.4, -0.2) is 11.3 Å². The first-order valence-electron chi connectivity index (χ1n) is 3.15. The Balaban J connectivity index is 3.43. The van der Waals surface area contributed by atoms with E-state index in [4.69, 9.17) is 23.2 Å². The van der Waals surface area contributed by atoms with Gasteiger partial charge in [0.1, 0.15) is 5.15 Å². The number of carbonyl (C=O) groups excluding carboxylic acids is 1. The molecule has 0 aliphatic heterocycles. The van der Waals surface area contributed by atoms with Crippen LogP contribution in [0.2, 0.25) is 10.2 Å². The minimum absolute atomic E-state index is 0.130. The number of rotatable bonds is 2. The third-order valence-electron chi connectivity index (χ3n) is 1.40. The van der Waals surface area contributed by atoms with E-state index in [0.29, 0.717) is 0 Å². The Hall–Kier alpha value is -0.740. The molecule has 70 valence electrons. The molecule has 1 aromatic heterocycles. The molecule has 0 atom stereocenters. The van der Waals surface area contributed by atoms with Crippen molar-refractivity contribution in [1.82, 2.24) is 4.98 Å². The summed E-state index contributed by atoms with van der Waals surface area (Å²) in [5.74, 6) is 0. The highest BCUT2D eigenvalue weighted by Gasteiger charge is 2.20. The molecule has 13 heavy (non-hydrogen) atoms. The maximum absolute atomic E-state index is 12.3. The number of pyridine rings is 1. The van der Waals surface area contributed by atoms with Crippen molar-refractivity contribution in [2.24, 2.45) is 0 Å². The first-order valence-corrected chi connectivity index (χ1v) is 3.90. The predicted molar refractivity (Wildman–Crippen MR) is 44.6 cm³/mol. The van der Waals surface area contributed by atoms with Gasteiger partial charge in [-0.25, -0.2) is 13.8 Å². The lowest BCUT2D eigenvalue weighted by atomic mass is 10.1. The highest BCUT2D eigenvalue weighted by atomic mass is 35.5. The molecular formula is C7H3Cl2F2NO. The second-order valence-corrected chi connectivity index (χ2v) is 2.91. The molecule has 1 rings (SSSR count). The van der Waals surface area contributed by atoms with E-state index in [2.05, 4.69) is 4.98 Å². The summed E-state index contributed by atoms with van der Waals surface area (Å²) in [6.07, 6.45) is -1.57. The Labute approximate surface area is 82.5 Å². The van der Waals surface area contributed by atoms with Gasteiger partial charge in [0.15, 0.2) is 6.29 Å². The fourth-order valence-electron chi connectivity index (χ4n) is 0.820. The van der Waals surface area contributed by atoms with Crippen LogP contribution in [0.5, 0.6) is 0 Å². The summed E-state index contributed by atoms with van der Waals surface area (Å²) in [4.78, 5) is 13.8. The van der Waals surface area contributed by atoms with Gasteiger partial charge in [0, 0.05) is 11.8 Å². The lowest BCUT2D eigenvalue weighted by Gasteiger charge is -2.05. The number of hydrogen-bond donors (Lipinski definition) is 0. The van der Waals surface area contributed by atoms with Gasteiger partial charge in [-0.2, -0.15) is 0 Å². The SMILES string of the molecule is O=Cc1c(Cl)cnc(Cl)c1C(F)F. The predicted octanol–water partition coefficient (Wildman–Crippen LogP) is 3.14. The quantitative estimate of drug-likeness (QED) is 0.572. The van der Waals surface area contributed by atoms with Crippen molar-refractivity contribution < 1.29 is 13.6 Å². The first-order chi connectivity index (χ1) is 6.07. The molecule has 0 aliphatic rings. The second-order valence-electron chi connectivity index (χ2n) is 2.14. The summed E-state index contributed by atoms with van der Waals surface area (Å²) >= 11 is 10.8. The van der Waals surface area contributed by atoms with Crippen LogP contribution in [-0.2, 0) is 0 Å². The van der Waals surface area contributed by atoms with E-state index >= 15 is 0 Å². The third kappa shape index (κ3) is 1.95. The maximum Gasteiger partial charge on any atom is 0.267 e. The van der Waals surface area contributed by atoms with Gasteiger partial charge in [0.05, 0.1) is 10.6 Å². The third-order valence-corrected chi connectivity index (χ3v) is 2.00. The van der Waals surface area contributed by atoms with Gasteiger partial charge in [-0.3, -0.25) is 4.79 Å². The lowest BCUT2D eigenvalue weighted by Crippen LogP contribution is -1.97. The minimum atomic E-state index is -2.86. The zero-order valence-electron chi connectivity index (χ0n) is 6.10. The van der Waals surface area contributed by atoms with E-state index in [1.54, 1.807) is 0 Å². The van der Waals surface area contributed by atoms with E-state index in [-0.39, 0.29) is 16.9 Å². The molecule has 0 amide bonds. The Kier molecular flexibility index (Phi) is 3.17. The van der Waals surface area contributed by atoms with E-state index in [1.807, 2.05) is 0 Å². The molecule has 0 N–H and O–H groups in total. The molecule has 1 heterocycles. The monoisotopic (exact) mass is 225 g/mol. The summed E-state index contributed by atoms with van der Waals surface area (Å²) < 4.78 is 24.6. The lowest BCUT2D eigenvalue weighted by molar-refractivity contribution is 0.110. The second kappa shape index (κ2) is 3.98. The fourth-order valence-corrected chi connectivity index (χ4v) is 1.25. The zero-order valence-corrected chi connectivity index (χ0v) is 7.61. The molecule has 2 nitrogen and oxygen atoms in total. The van der Waals surface area contributed by atoms with Crippen LogP contribution in [0.4, 0.5) is 8.78 Å². The van der Waals surface area contributed by atoms with Crippen molar-refractivity contribution >= 4 is 29.5 Å². The molecule has 0 unspecified atom stereocenters. The van der Waals surface area contributed by atoms with Gasteiger partial charge in [-0.05, 0) is 0 Å². The van der Waals surface area contributed by atoms with Crippen molar-refractivity contribution in [1.29, 1.82) is 0 Å². The molecule has 6 heteroatoms. The number of aldehydes is 1. The molecule has 0 spiro atoms. The number of hydrogen-bond acceptors (Lipinski definition) is 2. The van der Waals surface area contributed by atoms with E-state index in [1.165, 1.54) is 0 Å². The summed E-state index contributed by atoms with van der Waals surface area (Å²) in [5, 5.41) is -0.531. The Bertz CT molecular complexity index is 344. The molecule has 0 saturated heterocycles. The van der Waals surface area contributed by atoms with Crippen molar-refractivity contribution in [3.05, 3.63) is 27.5 Å². The molecule has 0 bridgehead atoms. The average Bonchev–Trinajstić information content (AvgIpc) is 2.07. The number of carbonyl (C=O) groups is 1. The van der Waals surface area contributed by atoms with Gasteiger partial charge in [0.2, 0.25) is 0 Å². The summed E-state index contributed by atoms with van der Waals surface area (Å²) in [5.41, 5.74) is -0.930. The Morgan fingerprint density at radius 2 is 2.08 bits per heavy atom. The topological polar surface area (TPSA) is 30.0 Å². The highest BCUT2D eigenvalue weighted by molar-refractivity contribution is 6.34. The molecule has 0 fully saturated rings. The first kappa shape index (κ1) is 10.3. The van der Waals surface area contributed by atoms with E-state index in [0.717, 1.165) is 6.20 Å². The molecule has 0 saturated carbocycles. The molecular weight excluding hydrogens is 223 g/mol. The summed E-state index contributed by atoms with van der Waals surface area (Å²) in [7, 11) is 0. The van der Waals surface area contributed by atoms with Gasteiger partial charge in [0.25, 0.3) is 6.43 Å². The van der Waals surface area contributed by atoms with Crippen molar-refractivity contribution in [2.45, 2.75) is 6.43 Å². The summed E-state index contributed by atoms with van der Waals surface area (Å²) in [6, 6.07) is 0. The van der Waals surface area contributed by atoms with Gasteiger partial charge < -0.3 is 0 Å². The van der Waals surface area contributed by atoms with E-state index in [9.17, 15) is 13.6 Å². The number of alkyl halides is 2. The van der Waals surface area contributed by atoms with Crippen molar-refractivity contribution in [3.8, 4) is 0 Å². The molecule has 1 aromatic rings. The molecule has 0 aliphatic carbocycles. The van der Waals surface area contributed by atoms with Crippen LogP contribution in [0.15, 0.2) is 6.20 Å². The van der Waals surface area contributed by atoms with Gasteiger partial charge in [-0.15, -0.1) is 0 Å². The normalized spacial score (nSPS) is 10.5. The number of aromatic nitrogens is 1. The molecule has 0 aromatic carbocycles. The average molecular weight is 226 g/mol. The number of nitrogens with zero attached hydrogens (tertiary/aromatic N) is 1. The van der Waals surface area contributed by atoms with Gasteiger partial charge >= 0.3 is 0 Å². The molecule has 0 radical (unpaired) electrons. The van der Waals surface area contributed by atoms with Crippen LogP contribution >= 0.6 is 23.2 Å². The smallest absolute Gasteiger partial charge is 0.267 e. The number of halogens is 4. The van der Waals surface area contributed by atoms with Crippen LogP contribution in [0.25, 0.3) is 0 Å². The summed E-state index contributed by atoms with van der Waals surface area (Å²) in [6.45, 7) is 0. The minimum Gasteiger partial charge on any atom is -0.298 e. The van der Waals surface area contributed by atoms with Gasteiger partial charge in [-0.1, -0.05) is 23.2 Å². The largest absolute Gasteiger partial charge is 0.298 e. The Morgan fingerprint density at radius 3 is 2.46 bits per heavy atom. The highest BCUT2D eigenvalue weighted by Crippen LogP contribution is 2.31. The standard InChI is InChI=1S/C7H3Cl2F2NO/c8-4-1-12-6(9)5(7(10)11)3(4)2-13/h1-2,7H. The Morgan fingerprint density at radius 1 is 1.46 bits per heavy atom. The van der Waals surface area contributed by atoms with E-state index < -0.39 is 17.1 Å². The van der Waals surface area contributed by atoms with Crippen molar-refractivity contribution in [2.75, 3.05) is 0 Å².